The van der Waals surface area contributed by atoms with E-state index in [1.54, 1.807) is 23.5 Å². The van der Waals surface area contributed by atoms with Crippen LogP contribution in [0.2, 0.25) is 0 Å². The molecule has 0 spiro atoms. The van der Waals surface area contributed by atoms with Crippen LogP contribution in [0.3, 0.4) is 0 Å². The van der Waals surface area contributed by atoms with Gasteiger partial charge in [-0.3, -0.25) is 14.5 Å². The number of phenolic OH excluding ortho intramolecular Hbond substituents is 1. The molecule has 7 heteroatoms. The van der Waals surface area contributed by atoms with Crippen LogP contribution in [0.4, 0.5) is 0 Å². The molecular weight excluding hydrogens is 472 g/mol. The maximum Gasteiger partial charge on any atom is 0.290 e. The SMILES string of the molecule is CC(NCc1ccc(O)cc1)C1=CCCC=C1.CCC1CCN(CC(=O)c2cccs2)CC1.O=CO. The van der Waals surface area contributed by atoms with Gasteiger partial charge in [0.1, 0.15) is 5.75 Å². The number of nitrogens with zero attached hydrogens (tertiary/aromatic N) is 1. The molecule has 0 saturated carbocycles. The van der Waals surface area contributed by atoms with Gasteiger partial charge in [-0.05, 0) is 86.3 Å². The van der Waals surface area contributed by atoms with Crippen molar-refractivity contribution in [1.82, 2.24) is 10.2 Å². The summed E-state index contributed by atoms with van der Waals surface area (Å²) < 4.78 is 0. The largest absolute Gasteiger partial charge is 0.508 e. The number of hydrogen-bond acceptors (Lipinski definition) is 6. The third kappa shape index (κ3) is 10.9. The fourth-order valence-corrected chi connectivity index (χ4v) is 4.89. The van der Waals surface area contributed by atoms with Gasteiger partial charge >= 0.3 is 0 Å². The van der Waals surface area contributed by atoms with Gasteiger partial charge in [0.15, 0.2) is 5.78 Å². The summed E-state index contributed by atoms with van der Waals surface area (Å²) in [6.45, 7) is 7.81. The first-order chi connectivity index (χ1) is 17.5. The number of Topliss-reactive ketones (excluding diaryl/α,β-unsaturated/α-hetero) is 1. The van der Waals surface area contributed by atoms with Crippen LogP contribution in [0.15, 0.2) is 65.6 Å². The van der Waals surface area contributed by atoms with E-state index in [0.717, 1.165) is 43.3 Å². The summed E-state index contributed by atoms with van der Waals surface area (Å²) in [5, 5.41) is 21.5. The fourth-order valence-electron chi connectivity index (χ4n) is 4.23. The monoisotopic (exact) mass is 512 g/mol. The van der Waals surface area contributed by atoms with E-state index in [4.69, 9.17) is 9.90 Å². The Hall–Kier alpha value is -2.74. The second-order valence-electron chi connectivity index (χ2n) is 9.09. The number of carbonyl (C=O) groups excluding carboxylic acids is 1. The van der Waals surface area contributed by atoms with E-state index < -0.39 is 0 Å². The molecule has 0 radical (unpaired) electrons. The topological polar surface area (TPSA) is 89.9 Å². The lowest BCUT2D eigenvalue weighted by Crippen LogP contribution is -2.37. The maximum absolute atomic E-state index is 11.9. The van der Waals surface area contributed by atoms with Gasteiger partial charge in [-0.25, -0.2) is 0 Å². The van der Waals surface area contributed by atoms with E-state index in [9.17, 15) is 9.90 Å². The molecule has 0 bridgehead atoms. The van der Waals surface area contributed by atoms with Gasteiger partial charge in [0.2, 0.25) is 0 Å². The number of carbonyl (C=O) groups is 2. The Morgan fingerprint density at radius 2 is 1.89 bits per heavy atom. The smallest absolute Gasteiger partial charge is 0.290 e. The number of rotatable bonds is 8. The second kappa shape index (κ2) is 16.8. The third-order valence-corrected chi connectivity index (χ3v) is 7.43. The van der Waals surface area contributed by atoms with E-state index in [0.29, 0.717) is 18.3 Å². The van der Waals surface area contributed by atoms with Crippen molar-refractivity contribution in [3.05, 3.63) is 76.0 Å². The quantitative estimate of drug-likeness (QED) is 0.301. The van der Waals surface area contributed by atoms with Gasteiger partial charge in [-0.1, -0.05) is 49.8 Å². The normalized spacial score (nSPS) is 16.6. The average Bonchev–Trinajstić information content (AvgIpc) is 3.45. The zero-order chi connectivity index (χ0) is 26.2. The van der Waals surface area contributed by atoms with Crippen LogP contribution in [0.25, 0.3) is 0 Å². The molecule has 4 rings (SSSR count). The Morgan fingerprint density at radius 1 is 1.19 bits per heavy atom. The highest BCUT2D eigenvalue weighted by atomic mass is 32.1. The average molecular weight is 513 g/mol. The van der Waals surface area contributed by atoms with E-state index in [2.05, 4.69) is 42.3 Å². The number of aromatic hydroxyl groups is 1. The van der Waals surface area contributed by atoms with Crippen molar-refractivity contribution in [3.8, 4) is 5.75 Å². The van der Waals surface area contributed by atoms with E-state index in [1.807, 2.05) is 29.6 Å². The van der Waals surface area contributed by atoms with Crippen molar-refractivity contribution in [1.29, 1.82) is 0 Å². The zero-order valence-corrected chi connectivity index (χ0v) is 22.3. The first kappa shape index (κ1) is 29.5. The van der Waals surface area contributed by atoms with Crippen LogP contribution < -0.4 is 5.32 Å². The Bertz CT molecular complexity index is 946. The van der Waals surface area contributed by atoms with Gasteiger partial charge in [-0.15, -0.1) is 11.3 Å². The molecule has 1 aliphatic carbocycles. The summed E-state index contributed by atoms with van der Waals surface area (Å²) in [4.78, 5) is 23.5. The van der Waals surface area contributed by atoms with Crippen LogP contribution in [0.1, 0.15) is 61.2 Å². The summed E-state index contributed by atoms with van der Waals surface area (Å²) in [7, 11) is 0. The Kier molecular flexibility index (Phi) is 13.8. The number of likely N-dealkylation sites (tertiary alicyclic amines) is 1. The first-order valence-electron chi connectivity index (χ1n) is 12.7. The van der Waals surface area contributed by atoms with Crippen LogP contribution in [0, 0.1) is 5.92 Å². The molecule has 6 nitrogen and oxygen atoms in total. The zero-order valence-electron chi connectivity index (χ0n) is 21.4. The number of piperidine rings is 1. The molecule has 2 heterocycles. The number of phenols is 1. The Balaban J connectivity index is 0.000000229. The van der Waals surface area contributed by atoms with E-state index in [-0.39, 0.29) is 12.3 Å². The summed E-state index contributed by atoms with van der Waals surface area (Å²) in [6.07, 6.45) is 12.8. The molecule has 2 aliphatic rings. The highest BCUT2D eigenvalue weighted by Gasteiger charge is 2.20. The predicted molar refractivity (Wildman–Crippen MR) is 148 cm³/mol. The van der Waals surface area contributed by atoms with Crippen LogP contribution in [-0.2, 0) is 11.3 Å². The summed E-state index contributed by atoms with van der Waals surface area (Å²) in [5.41, 5.74) is 2.56. The standard InChI is InChI=1S/C15H19NO.C13H19NOS.CH2O2/c1-12(14-5-3-2-4-6-14)16-11-13-7-9-15(17)10-8-13;1-2-11-5-7-14(8-6-11)10-12(15)13-4-3-9-16-13;2-1-3/h3,5-10,12,16-17H,2,4,11H2,1H3;3-4,9,11H,2,5-8,10H2,1H3;1H,(H,2,3). The van der Waals surface area contributed by atoms with Gasteiger partial charge in [-0.2, -0.15) is 0 Å². The number of nitrogens with one attached hydrogen (secondary N) is 1. The summed E-state index contributed by atoms with van der Waals surface area (Å²) in [5.74, 6) is 1.48. The van der Waals surface area contributed by atoms with Crippen molar-refractivity contribution >= 4 is 23.6 Å². The number of carboxylic acid groups (broad SMARTS) is 1. The lowest BCUT2D eigenvalue weighted by Gasteiger charge is -2.30. The molecule has 2 aromatic rings. The Labute approximate surface area is 219 Å². The lowest BCUT2D eigenvalue weighted by molar-refractivity contribution is -0.122. The summed E-state index contributed by atoms with van der Waals surface area (Å²) in [6, 6.07) is 11.6. The minimum Gasteiger partial charge on any atom is -0.508 e. The molecule has 1 atom stereocenters. The third-order valence-electron chi connectivity index (χ3n) is 6.52. The van der Waals surface area contributed by atoms with Crippen molar-refractivity contribution in [2.24, 2.45) is 5.92 Å². The maximum atomic E-state index is 11.9. The van der Waals surface area contributed by atoms with Crippen molar-refractivity contribution in [2.75, 3.05) is 19.6 Å². The van der Waals surface area contributed by atoms with Crippen molar-refractivity contribution in [3.63, 3.8) is 0 Å². The molecule has 1 aromatic carbocycles. The van der Waals surface area contributed by atoms with Crippen molar-refractivity contribution < 1.29 is 19.8 Å². The number of thiophene rings is 1. The summed E-state index contributed by atoms with van der Waals surface area (Å²) >= 11 is 1.55. The minimum atomic E-state index is -0.250. The van der Waals surface area contributed by atoms with Crippen LogP contribution >= 0.6 is 11.3 Å². The number of allylic oxidation sites excluding steroid dienone is 2. The molecule has 1 aromatic heterocycles. The van der Waals surface area contributed by atoms with Crippen molar-refractivity contribution in [2.45, 2.75) is 58.5 Å². The molecule has 0 amide bonds. The molecule has 1 unspecified atom stereocenters. The van der Waals surface area contributed by atoms with Gasteiger partial charge in [0, 0.05) is 12.6 Å². The highest BCUT2D eigenvalue weighted by molar-refractivity contribution is 7.12. The number of ketones is 1. The van der Waals surface area contributed by atoms with E-state index >= 15 is 0 Å². The van der Waals surface area contributed by atoms with Gasteiger partial charge in [0.25, 0.3) is 6.47 Å². The van der Waals surface area contributed by atoms with Gasteiger partial charge in [0.05, 0.1) is 11.4 Å². The van der Waals surface area contributed by atoms with Crippen LogP contribution in [0.5, 0.6) is 5.75 Å². The molecular formula is C29H40N2O4S. The molecule has 1 fully saturated rings. The molecule has 1 aliphatic heterocycles. The molecule has 36 heavy (non-hydrogen) atoms. The van der Waals surface area contributed by atoms with Gasteiger partial charge < -0.3 is 15.5 Å². The van der Waals surface area contributed by atoms with E-state index in [1.165, 1.54) is 30.4 Å². The predicted octanol–water partition coefficient (Wildman–Crippen LogP) is 5.90. The van der Waals surface area contributed by atoms with Crippen LogP contribution in [-0.4, -0.2) is 53.0 Å². The molecule has 196 valence electrons. The number of benzene rings is 1. The fraction of sp³-hybridized carbons (Fsp3) is 0.448. The first-order valence-corrected chi connectivity index (χ1v) is 13.6. The minimum absolute atomic E-state index is 0.250. The number of hydrogen-bond donors (Lipinski definition) is 3. The highest BCUT2D eigenvalue weighted by Crippen LogP contribution is 2.20. The molecule has 3 N–H and O–H groups in total. The molecule has 1 saturated heterocycles. The second-order valence-corrected chi connectivity index (χ2v) is 10.0. The Morgan fingerprint density at radius 3 is 2.44 bits per heavy atom. The lowest BCUT2D eigenvalue weighted by atomic mass is 9.94.